The molecular formula is C19H21NO3S. The molecule has 0 saturated heterocycles. The molecule has 1 N–H and O–H groups in total. The van der Waals surface area contributed by atoms with E-state index in [1.807, 2.05) is 50.2 Å². The summed E-state index contributed by atoms with van der Waals surface area (Å²) in [5.74, 6) is 2.36. The molecule has 24 heavy (non-hydrogen) atoms. The Morgan fingerprint density at radius 3 is 2.67 bits per heavy atom. The van der Waals surface area contributed by atoms with Crippen molar-refractivity contribution >= 4 is 17.7 Å². The fourth-order valence-electron chi connectivity index (χ4n) is 2.47. The minimum absolute atomic E-state index is 0.0427. The van der Waals surface area contributed by atoms with E-state index in [-0.39, 0.29) is 24.0 Å². The van der Waals surface area contributed by atoms with Crippen LogP contribution in [0, 0.1) is 0 Å². The lowest BCUT2D eigenvalue weighted by molar-refractivity contribution is -0.120. The van der Waals surface area contributed by atoms with Gasteiger partial charge in [-0.3, -0.25) is 4.79 Å². The molecule has 0 fully saturated rings. The van der Waals surface area contributed by atoms with E-state index in [2.05, 4.69) is 17.4 Å². The Bertz CT molecular complexity index is 705. The number of carbonyl (C=O) groups excluding carboxylic acids is 1. The molecule has 4 nitrogen and oxygen atoms in total. The highest BCUT2D eigenvalue weighted by Crippen LogP contribution is 2.34. The number of amides is 1. The predicted molar refractivity (Wildman–Crippen MR) is 96.3 cm³/mol. The smallest absolute Gasteiger partial charge is 0.233 e. The van der Waals surface area contributed by atoms with Crippen LogP contribution in [-0.2, 0) is 10.5 Å². The van der Waals surface area contributed by atoms with E-state index in [0.29, 0.717) is 0 Å². The second-order valence-electron chi connectivity index (χ2n) is 5.78. The van der Waals surface area contributed by atoms with Gasteiger partial charge in [-0.15, -0.1) is 11.8 Å². The maximum absolute atomic E-state index is 12.4. The highest BCUT2D eigenvalue weighted by atomic mass is 32.2. The normalized spacial score (nSPS) is 14.9. The summed E-state index contributed by atoms with van der Waals surface area (Å²) < 4.78 is 10.7. The Kier molecular flexibility index (Phi) is 5.30. The maximum atomic E-state index is 12.4. The topological polar surface area (TPSA) is 47.6 Å². The van der Waals surface area contributed by atoms with Crippen LogP contribution in [0.4, 0.5) is 0 Å². The van der Waals surface area contributed by atoms with Crippen molar-refractivity contribution in [1.82, 2.24) is 5.32 Å². The van der Waals surface area contributed by atoms with Crippen LogP contribution in [-0.4, -0.2) is 18.0 Å². The largest absolute Gasteiger partial charge is 0.454 e. The number of nitrogens with one attached hydrogen (secondary N) is 1. The lowest BCUT2D eigenvalue weighted by Crippen LogP contribution is -2.33. The third-order valence-corrected chi connectivity index (χ3v) is 5.18. The number of hydrogen-bond acceptors (Lipinski definition) is 4. The first-order valence-electron chi connectivity index (χ1n) is 7.99. The number of benzene rings is 2. The van der Waals surface area contributed by atoms with E-state index in [4.69, 9.17) is 9.47 Å². The van der Waals surface area contributed by atoms with Crippen molar-refractivity contribution in [2.24, 2.45) is 0 Å². The molecule has 2 unspecified atom stereocenters. The van der Waals surface area contributed by atoms with E-state index in [0.717, 1.165) is 22.8 Å². The molecule has 2 aromatic carbocycles. The van der Waals surface area contributed by atoms with Crippen molar-refractivity contribution in [1.29, 1.82) is 0 Å². The Morgan fingerprint density at radius 1 is 1.12 bits per heavy atom. The van der Waals surface area contributed by atoms with Crippen molar-refractivity contribution in [2.75, 3.05) is 6.79 Å². The Labute approximate surface area is 146 Å². The van der Waals surface area contributed by atoms with Crippen LogP contribution in [0.2, 0.25) is 0 Å². The lowest BCUT2D eigenvalue weighted by Gasteiger charge is -2.18. The number of ether oxygens (including phenoxy) is 2. The first-order chi connectivity index (χ1) is 11.6. The first-order valence-corrected chi connectivity index (χ1v) is 9.04. The number of hydrogen-bond donors (Lipinski definition) is 1. The molecule has 0 spiro atoms. The molecule has 0 aromatic heterocycles. The van der Waals surface area contributed by atoms with Crippen molar-refractivity contribution in [3.05, 3.63) is 59.7 Å². The van der Waals surface area contributed by atoms with Gasteiger partial charge in [0, 0.05) is 5.75 Å². The summed E-state index contributed by atoms with van der Waals surface area (Å²) >= 11 is 1.64. The Balaban J connectivity index is 1.53. The molecule has 5 heteroatoms. The Hall–Kier alpha value is -2.14. The minimum Gasteiger partial charge on any atom is -0.454 e. The zero-order chi connectivity index (χ0) is 16.9. The molecule has 3 rings (SSSR count). The monoisotopic (exact) mass is 343 g/mol. The van der Waals surface area contributed by atoms with Crippen LogP contribution >= 0.6 is 11.8 Å². The second kappa shape index (κ2) is 7.62. The minimum atomic E-state index is -0.110. The predicted octanol–water partition coefficient (Wildman–Crippen LogP) is 3.91. The summed E-state index contributed by atoms with van der Waals surface area (Å²) in [5.41, 5.74) is 2.24. The third kappa shape index (κ3) is 4.03. The number of carbonyl (C=O) groups is 1. The number of fused-ring (bicyclic) bond motifs is 1. The quantitative estimate of drug-likeness (QED) is 0.864. The van der Waals surface area contributed by atoms with Gasteiger partial charge < -0.3 is 14.8 Å². The van der Waals surface area contributed by atoms with Crippen LogP contribution in [0.25, 0.3) is 0 Å². The van der Waals surface area contributed by atoms with Gasteiger partial charge >= 0.3 is 0 Å². The Morgan fingerprint density at radius 2 is 1.88 bits per heavy atom. The zero-order valence-corrected chi connectivity index (χ0v) is 14.6. The van der Waals surface area contributed by atoms with E-state index in [1.54, 1.807) is 11.8 Å². The molecule has 1 heterocycles. The summed E-state index contributed by atoms with van der Waals surface area (Å²) in [5, 5.41) is 2.96. The van der Waals surface area contributed by atoms with E-state index < -0.39 is 0 Å². The molecule has 0 saturated carbocycles. The maximum Gasteiger partial charge on any atom is 0.233 e. The van der Waals surface area contributed by atoms with Crippen molar-refractivity contribution in [3.8, 4) is 11.5 Å². The molecule has 2 atom stereocenters. The highest BCUT2D eigenvalue weighted by Gasteiger charge is 2.19. The molecule has 1 aliphatic heterocycles. The molecule has 126 valence electrons. The summed E-state index contributed by atoms with van der Waals surface area (Å²) in [4.78, 5) is 12.4. The standard InChI is InChI=1S/C19H21NO3S/c1-13(16-8-9-17-18(10-16)23-12-22-17)20-19(21)14(2)24-11-15-6-4-3-5-7-15/h3-10,13-14H,11-12H2,1-2H3,(H,20,21). The van der Waals surface area contributed by atoms with Crippen LogP contribution in [0.5, 0.6) is 11.5 Å². The van der Waals surface area contributed by atoms with Gasteiger partial charge in [0.05, 0.1) is 11.3 Å². The third-order valence-electron chi connectivity index (χ3n) is 3.97. The van der Waals surface area contributed by atoms with Gasteiger partial charge in [-0.2, -0.15) is 0 Å². The zero-order valence-electron chi connectivity index (χ0n) is 13.8. The second-order valence-corrected chi connectivity index (χ2v) is 7.11. The molecular weight excluding hydrogens is 322 g/mol. The molecule has 1 aliphatic rings. The molecule has 0 aliphatic carbocycles. The van der Waals surface area contributed by atoms with Crippen LogP contribution in [0.15, 0.2) is 48.5 Å². The molecule has 2 aromatic rings. The fraction of sp³-hybridized carbons (Fsp3) is 0.316. The number of rotatable bonds is 6. The van der Waals surface area contributed by atoms with E-state index in [1.165, 1.54) is 5.56 Å². The van der Waals surface area contributed by atoms with Gasteiger partial charge in [0.1, 0.15) is 0 Å². The van der Waals surface area contributed by atoms with Crippen LogP contribution < -0.4 is 14.8 Å². The van der Waals surface area contributed by atoms with Crippen molar-refractivity contribution in [3.63, 3.8) is 0 Å². The van der Waals surface area contributed by atoms with Gasteiger partial charge in [0.2, 0.25) is 12.7 Å². The van der Waals surface area contributed by atoms with Crippen molar-refractivity contribution < 1.29 is 14.3 Å². The van der Waals surface area contributed by atoms with E-state index >= 15 is 0 Å². The van der Waals surface area contributed by atoms with Gasteiger partial charge in [-0.05, 0) is 37.1 Å². The summed E-state index contributed by atoms with van der Waals surface area (Å²) in [6.07, 6.45) is 0. The van der Waals surface area contributed by atoms with Gasteiger partial charge in [0.25, 0.3) is 0 Å². The molecule has 0 bridgehead atoms. The van der Waals surface area contributed by atoms with Gasteiger partial charge in [0.15, 0.2) is 11.5 Å². The first kappa shape index (κ1) is 16.7. The molecule has 0 radical (unpaired) electrons. The SMILES string of the molecule is CC(SCc1ccccc1)C(=O)NC(C)c1ccc2c(c1)OCO2. The highest BCUT2D eigenvalue weighted by molar-refractivity contribution is 7.99. The van der Waals surface area contributed by atoms with Gasteiger partial charge in [-0.25, -0.2) is 0 Å². The van der Waals surface area contributed by atoms with Crippen LogP contribution in [0.1, 0.15) is 31.0 Å². The number of thioether (sulfide) groups is 1. The van der Waals surface area contributed by atoms with Gasteiger partial charge in [-0.1, -0.05) is 36.4 Å². The summed E-state index contributed by atoms with van der Waals surface area (Å²) in [6.45, 7) is 4.17. The average molecular weight is 343 g/mol. The van der Waals surface area contributed by atoms with E-state index in [9.17, 15) is 4.79 Å². The summed E-state index contributed by atoms with van der Waals surface area (Å²) in [6, 6.07) is 15.9. The molecule has 1 amide bonds. The summed E-state index contributed by atoms with van der Waals surface area (Å²) in [7, 11) is 0. The lowest BCUT2D eigenvalue weighted by atomic mass is 10.1. The fourth-order valence-corrected chi connectivity index (χ4v) is 3.32. The average Bonchev–Trinajstić information content (AvgIpc) is 3.08. The van der Waals surface area contributed by atoms with Crippen molar-refractivity contribution in [2.45, 2.75) is 30.9 Å². The van der Waals surface area contributed by atoms with Crippen LogP contribution in [0.3, 0.4) is 0 Å².